The molecule has 0 fully saturated rings. The van der Waals surface area contributed by atoms with E-state index in [1.54, 1.807) is 13.8 Å². The highest BCUT2D eigenvalue weighted by Gasteiger charge is 2.36. The minimum atomic E-state index is -0.951. The van der Waals surface area contributed by atoms with Crippen LogP contribution in [-0.4, -0.2) is 23.8 Å². The van der Waals surface area contributed by atoms with Crippen LogP contribution in [0.1, 0.15) is 27.7 Å². The summed E-state index contributed by atoms with van der Waals surface area (Å²) in [6.07, 6.45) is 0. The second kappa shape index (κ2) is 8.70. The van der Waals surface area contributed by atoms with E-state index >= 15 is 0 Å². The molecule has 0 amide bonds. The molecule has 1 heterocycles. The van der Waals surface area contributed by atoms with E-state index in [-0.39, 0.29) is 0 Å². The van der Waals surface area contributed by atoms with Gasteiger partial charge in [0.15, 0.2) is 0 Å². The number of fused-ring (bicyclic) bond motifs is 3. The number of hydrogen-bond donors (Lipinski definition) is 1. The van der Waals surface area contributed by atoms with Crippen LogP contribution < -0.4 is 5.46 Å². The molecule has 0 aliphatic heterocycles. The van der Waals surface area contributed by atoms with E-state index < -0.39 is 11.2 Å². The first-order valence-electron chi connectivity index (χ1n) is 11.7. The van der Waals surface area contributed by atoms with Crippen LogP contribution in [0.15, 0.2) is 91.0 Å². The molecular formula is C30H29BO2S. The molecule has 0 bridgehead atoms. The Labute approximate surface area is 206 Å². The largest absolute Gasteiger partial charge is 0.427 e. The second-order valence-corrected chi connectivity index (χ2v) is 10.9. The fourth-order valence-corrected chi connectivity index (χ4v) is 5.63. The van der Waals surface area contributed by atoms with Crippen LogP contribution in [0.25, 0.3) is 42.4 Å². The van der Waals surface area contributed by atoms with Gasteiger partial charge in [0, 0.05) is 14.8 Å². The summed E-state index contributed by atoms with van der Waals surface area (Å²) in [6, 6.07) is 32.2. The summed E-state index contributed by atoms with van der Waals surface area (Å²) in [4.78, 5) is 0. The average Bonchev–Trinajstić information content (AvgIpc) is 3.23. The third-order valence-corrected chi connectivity index (χ3v) is 8.24. The van der Waals surface area contributed by atoms with Crippen molar-refractivity contribution >= 4 is 44.5 Å². The summed E-state index contributed by atoms with van der Waals surface area (Å²) in [7, 11) is 0.434. The maximum atomic E-state index is 10.6. The van der Waals surface area contributed by atoms with E-state index in [2.05, 4.69) is 91.0 Å². The van der Waals surface area contributed by atoms with Crippen LogP contribution in [0, 0.1) is 0 Å². The van der Waals surface area contributed by atoms with E-state index in [1.807, 2.05) is 25.2 Å². The minimum Gasteiger partial charge on any atom is -0.427 e. The molecule has 34 heavy (non-hydrogen) atoms. The molecule has 0 aliphatic carbocycles. The van der Waals surface area contributed by atoms with E-state index in [0.29, 0.717) is 7.48 Å². The van der Waals surface area contributed by atoms with Crippen LogP contribution in [0.2, 0.25) is 0 Å². The SMILES string of the molecule is CC(C)(O)C(C)(C)OBc1ccc(-c2ccccc2)c2sc3c(-c4ccccc4)cccc3c12. The van der Waals surface area contributed by atoms with Gasteiger partial charge in [-0.05, 0) is 60.8 Å². The number of rotatable bonds is 6. The number of thiophene rings is 1. The van der Waals surface area contributed by atoms with Crippen molar-refractivity contribution in [3.05, 3.63) is 91.0 Å². The van der Waals surface area contributed by atoms with Crippen molar-refractivity contribution in [2.45, 2.75) is 38.9 Å². The summed E-state index contributed by atoms with van der Waals surface area (Å²) in [5.74, 6) is 0. The topological polar surface area (TPSA) is 29.5 Å². The molecular weight excluding hydrogens is 435 g/mol. The van der Waals surface area contributed by atoms with Gasteiger partial charge in [-0.25, -0.2) is 0 Å². The third-order valence-electron chi connectivity index (χ3n) is 6.96. The molecule has 5 rings (SSSR count). The molecule has 0 aliphatic rings. The smallest absolute Gasteiger partial charge is 0.310 e. The molecule has 0 saturated carbocycles. The Morgan fingerprint density at radius 3 is 1.85 bits per heavy atom. The fraction of sp³-hybridized carbons (Fsp3) is 0.200. The molecule has 0 radical (unpaired) electrons. The lowest BCUT2D eigenvalue weighted by atomic mass is 9.79. The average molecular weight is 464 g/mol. The van der Waals surface area contributed by atoms with E-state index in [9.17, 15) is 5.11 Å². The lowest BCUT2D eigenvalue weighted by Gasteiger charge is -2.37. The van der Waals surface area contributed by atoms with E-state index in [0.717, 1.165) is 5.46 Å². The van der Waals surface area contributed by atoms with Crippen LogP contribution in [0.5, 0.6) is 0 Å². The Kier molecular flexibility index (Phi) is 5.85. The monoisotopic (exact) mass is 464 g/mol. The second-order valence-electron chi connectivity index (χ2n) is 9.85. The van der Waals surface area contributed by atoms with Crippen molar-refractivity contribution < 1.29 is 9.76 Å². The van der Waals surface area contributed by atoms with Gasteiger partial charge in [0.05, 0.1) is 11.2 Å². The summed E-state index contributed by atoms with van der Waals surface area (Å²) in [6.45, 7) is 7.49. The van der Waals surface area contributed by atoms with Crippen molar-refractivity contribution in [3.63, 3.8) is 0 Å². The van der Waals surface area contributed by atoms with Gasteiger partial charge in [-0.3, -0.25) is 0 Å². The van der Waals surface area contributed by atoms with E-state index in [4.69, 9.17) is 4.65 Å². The number of aliphatic hydroxyl groups is 1. The molecule has 4 aromatic carbocycles. The first-order chi connectivity index (χ1) is 16.3. The molecule has 1 aromatic heterocycles. The summed E-state index contributed by atoms with van der Waals surface area (Å²) in [5.41, 5.74) is 4.43. The molecule has 0 unspecified atom stereocenters. The first-order valence-corrected chi connectivity index (χ1v) is 12.5. The minimum absolute atomic E-state index is 0.434. The van der Waals surface area contributed by atoms with Crippen molar-refractivity contribution in [1.82, 2.24) is 0 Å². The Morgan fingerprint density at radius 1 is 0.676 bits per heavy atom. The standard InChI is InChI=1S/C30H29BO2S/c1-29(2,32)30(3,4)33-31-25-19-18-23(21-14-9-6-10-15-21)28-26(25)24-17-11-16-22(27(24)34-28)20-12-7-5-8-13-20/h5-19,31-32H,1-4H3. The number of benzene rings is 4. The van der Waals surface area contributed by atoms with Gasteiger partial charge in [0.1, 0.15) is 0 Å². The summed E-state index contributed by atoms with van der Waals surface area (Å²) < 4.78 is 8.88. The Hall–Kier alpha value is -2.92. The normalized spacial score (nSPS) is 12.4. The van der Waals surface area contributed by atoms with Crippen LogP contribution in [0.3, 0.4) is 0 Å². The zero-order valence-electron chi connectivity index (χ0n) is 20.1. The predicted molar refractivity (Wildman–Crippen MR) is 148 cm³/mol. The highest BCUT2D eigenvalue weighted by Crippen LogP contribution is 2.43. The summed E-state index contributed by atoms with van der Waals surface area (Å²) in [5, 5.41) is 13.1. The Bertz CT molecular complexity index is 1450. The maximum absolute atomic E-state index is 10.6. The van der Waals surface area contributed by atoms with Crippen molar-refractivity contribution in [3.8, 4) is 22.3 Å². The molecule has 5 aromatic rings. The number of hydrogen-bond acceptors (Lipinski definition) is 3. The fourth-order valence-electron chi connectivity index (χ4n) is 4.22. The lowest BCUT2D eigenvalue weighted by Crippen LogP contribution is -2.49. The molecule has 0 atom stereocenters. The summed E-state index contributed by atoms with van der Waals surface area (Å²) >= 11 is 1.85. The van der Waals surface area contributed by atoms with Gasteiger partial charge in [0.25, 0.3) is 0 Å². The molecule has 1 N–H and O–H groups in total. The molecule has 4 heteroatoms. The molecule has 2 nitrogen and oxygen atoms in total. The van der Waals surface area contributed by atoms with Gasteiger partial charge in [-0.15, -0.1) is 11.3 Å². The van der Waals surface area contributed by atoms with Gasteiger partial charge in [0.2, 0.25) is 0 Å². The van der Waals surface area contributed by atoms with E-state index in [1.165, 1.54) is 42.4 Å². The van der Waals surface area contributed by atoms with Crippen LogP contribution >= 0.6 is 11.3 Å². The quantitative estimate of drug-likeness (QED) is 0.276. The highest BCUT2D eigenvalue weighted by atomic mass is 32.1. The van der Waals surface area contributed by atoms with Crippen molar-refractivity contribution in [2.24, 2.45) is 0 Å². The lowest BCUT2D eigenvalue weighted by molar-refractivity contribution is -0.0893. The highest BCUT2D eigenvalue weighted by molar-refractivity contribution is 7.27. The Balaban J connectivity index is 1.74. The van der Waals surface area contributed by atoms with Crippen molar-refractivity contribution in [1.29, 1.82) is 0 Å². The van der Waals surface area contributed by atoms with Crippen LogP contribution in [0.4, 0.5) is 0 Å². The maximum Gasteiger partial charge on any atom is 0.310 e. The molecule has 0 spiro atoms. The van der Waals surface area contributed by atoms with Gasteiger partial charge < -0.3 is 9.76 Å². The predicted octanol–water partition coefficient (Wildman–Crippen LogP) is 6.93. The van der Waals surface area contributed by atoms with Gasteiger partial charge in [-0.2, -0.15) is 0 Å². The van der Waals surface area contributed by atoms with Gasteiger partial charge >= 0.3 is 7.48 Å². The zero-order valence-corrected chi connectivity index (χ0v) is 20.9. The molecule has 0 saturated heterocycles. The first kappa shape index (κ1) is 22.9. The Morgan fingerprint density at radius 2 is 1.26 bits per heavy atom. The van der Waals surface area contributed by atoms with Crippen molar-refractivity contribution in [2.75, 3.05) is 0 Å². The van der Waals surface area contributed by atoms with Crippen LogP contribution in [-0.2, 0) is 4.65 Å². The molecule has 170 valence electrons. The third kappa shape index (κ3) is 4.07. The van der Waals surface area contributed by atoms with Gasteiger partial charge in [-0.1, -0.05) is 91.0 Å². The zero-order chi connectivity index (χ0) is 23.9.